The van der Waals surface area contributed by atoms with E-state index in [1.807, 2.05) is 0 Å². The van der Waals surface area contributed by atoms with Gasteiger partial charge in [-0.3, -0.25) is 0 Å². The number of hydrogen-bond acceptors (Lipinski definition) is 1. The van der Waals surface area contributed by atoms with Crippen molar-refractivity contribution in [2.24, 2.45) is 58.2 Å². The van der Waals surface area contributed by atoms with Crippen LogP contribution in [0.4, 0.5) is 0 Å². The molecule has 1 unspecified atom stereocenters. The topological polar surface area (TPSA) is 20.2 Å². The highest BCUT2D eigenvalue weighted by atomic mass is 16.3. The van der Waals surface area contributed by atoms with Crippen molar-refractivity contribution in [2.45, 2.75) is 118 Å². The van der Waals surface area contributed by atoms with Crippen molar-refractivity contribution in [3.63, 3.8) is 0 Å². The van der Waals surface area contributed by atoms with Crippen molar-refractivity contribution < 1.29 is 5.11 Å². The first-order valence-corrected chi connectivity index (χ1v) is 13.4. The van der Waals surface area contributed by atoms with Gasteiger partial charge in [0, 0.05) is 0 Å². The lowest BCUT2D eigenvalue weighted by Crippen LogP contribution is -2.57. The van der Waals surface area contributed by atoms with Gasteiger partial charge in [-0.25, -0.2) is 0 Å². The molecule has 10 atom stereocenters. The molecule has 1 N–H and O–H groups in total. The van der Waals surface area contributed by atoms with E-state index >= 15 is 0 Å². The van der Waals surface area contributed by atoms with Gasteiger partial charge in [-0.15, -0.1) is 0 Å². The lowest BCUT2D eigenvalue weighted by atomic mass is 9.44. The summed E-state index contributed by atoms with van der Waals surface area (Å²) in [5, 5.41) is 11.1. The molecule has 4 rings (SSSR count). The Morgan fingerprint density at radius 2 is 1.59 bits per heavy atom. The molecule has 4 aliphatic rings. The van der Waals surface area contributed by atoms with E-state index in [1.165, 1.54) is 64.2 Å². The third kappa shape index (κ3) is 3.54. The molecule has 168 valence electrons. The summed E-state index contributed by atoms with van der Waals surface area (Å²) in [5.41, 5.74) is 0.795. The fraction of sp³-hybridized carbons (Fsp3) is 1.00. The summed E-state index contributed by atoms with van der Waals surface area (Å²) in [6.07, 6.45) is 15.1. The van der Waals surface area contributed by atoms with Crippen LogP contribution in [-0.4, -0.2) is 11.2 Å². The molecule has 4 aliphatic carbocycles. The molecule has 0 radical (unpaired) electrons. The van der Waals surface area contributed by atoms with Crippen molar-refractivity contribution in [1.82, 2.24) is 0 Å². The van der Waals surface area contributed by atoms with Crippen LogP contribution in [0.5, 0.6) is 0 Å². The molecule has 0 aliphatic heterocycles. The molecule has 0 aromatic heterocycles. The number of aliphatic hydroxyl groups excluding tert-OH is 1. The Balaban J connectivity index is 1.48. The van der Waals surface area contributed by atoms with E-state index in [9.17, 15) is 5.11 Å². The fourth-order valence-electron chi connectivity index (χ4n) is 9.35. The number of hydrogen-bond donors (Lipinski definition) is 1. The zero-order valence-corrected chi connectivity index (χ0v) is 20.4. The second-order valence-electron chi connectivity index (χ2n) is 13.0. The third-order valence-electron chi connectivity index (χ3n) is 11.7. The van der Waals surface area contributed by atoms with E-state index < -0.39 is 0 Å². The normalized spacial score (nSPS) is 49.2. The average Bonchev–Trinajstić information content (AvgIpc) is 3.04. The minimum atomic E-state index is -0.0351. The van der Waals surface area contributed by atoms with E-state index in [1.54, 1.807) is 0 Å². The van der Waals surface area contributed by atoms with Crippen LogP contribution >= 0.6 is 0 Å². The summed E-state index contributed by atoms with van der Waals surface area (Å²) in [7, 11) is 0. The maximum Gasteiger partial charge on any atom is 0.0599 e. The predicted molar refractivity (Wildman–Crippen MR) is 124 cm³/mol. The van der Waals surface area contributed by atoms with Gasteiger partial charge in [-0.05, 0) is 110 Å². The fourth-order valence-corrected chi connectivity index (χ4v) is 9.35. The Morgan fingerprint density at radius 3 is 2.31 bits per heavy atom. The Labute approximate surface area is 181 Å². The summed E-state index contributed by atoms with van der Waals surface area (Å²) in [6, 6.07) is 0. The van der Waals surface area contributed by atoms with Crippen LogP contribution in [0.15, 0.2) is 0 Å². The smallest absolute Gasteiger partial charge is 0.0599 e. The highest BCUT2D eigenvalue weighted by Crippen LogP contribution is 2.68. The van der Waals surface area contributed by atoms with Crippen LogP contribution < -0.4 is 0 Å². The van der Waals surface area contributed by atoms with Crippen LogP contribution in [0.3, 0.4) is 0 Å². The van der Waals surface area contributed by atoms with E-state index in [-0.39, 0.29) is 11.5 Å². The number of aliphatic hydroxyl groups is 1. The van der Waals surface area contributed by atoms with Crippen LogP contribution in [-0.2, 0) is 0 Å². The van der Waals surface area contributed by atoms with Crippen molar-refractivity contribution in [2.75, 3.05) is 0 Å². The molecular weight excluding hydrogens is 352 g/mol. The average molecular weight is 403 g/mol. The Bertz CT molecular complexity index is 569. The minimum Gasteiger partial charge on any atom is -0.393 e. The number of rotatable bonds is 5. The molecule has 29 heavy (non-hydrogen) atoms. The molecule has 0 amide bonds. The third-order valence-corrected chi connectivity index (χ3v) is 11.7. The van der Waals surface area contributed by atoms with Gasteiger partial charge in [-0.2, -0.15) is 0 Å². The zero-order chi connectivity index (χ0) is 21.0. The lowest BCUT2D eigenvalue weighted by Gasteiger charge is -2.62. The molecule has 0 aromatic rings. The first kappa shape index (κ1) is 22.2. The SMILES string of the molecule is CC(C)[C@H](C)CC[C@@H](C)[C@H]1CC[C@H]2[C@@H]3CC[C@H]4CCCC(O)[C@]4(C)[C@H]3CC[C@]12C. The number of fused-ring (bicyclic) bond motifs is 5. The van der Waals surface area contributed by atoms with Crippen LogP contribution in [0.2, 0.25) is 0 Å². The molecular formula is C28H50O. The van der Waals surface area contributed by atoms with E-state index in [0.29, 0.717) is 5.41 Å². The van der Waals surface area contributed by atoms with Crippen LogP contribution in [0.1, 0.15) is 112 Å². The first-order chi connectivity index (χ1) is 13.7. The van der Waals surface area contributed by atoms with Gasteiger partial charge < -0.3 is 5.11 Å². The van der Waals surface area contributed by atoms with Crippen LogP contribution in [0.25, 0.3) is 0 Å². The molecule has 1 nitrogen and oxygen atoms in total. The van der Waals surface area contributed by atoms with E-state index in [2.05, 4.69) is 41.5 Å². The monoisotopic (exact) mass is 402 g/mol. The Hall–Kier alpha value is -0.0400. The summed E-state index contributed by atoms with van der Waals surface area (Å²) in [5.74, 6) is 6.93. The quantitative estimate of drug-likeness (QED) is 0.499. The van der Waals surface area contributed by atoms with E-state index in [0.717, 1.165) is 53.8 Å². The van der Waals surface area contributed by atoms with Gasteiger partial charge in [0.1, 0.15) is 0 Å². The standard InChI is InChI=1S/C28H50O/c1-18(2)19(3)10-11-20(4)23-14-15-24-22-13-12-21-8-7-9-26(29)28(21,6)25(22)16-17-27(23,24)5/h18-26,29H,7-17H2,1-6H3/t19-,20-,21-,22+,23-,24+,25+,26?,27-,28+/m1/s1. The predicted octanol–water partition coefficient (Wildman–Crippen LogP) is 7.71. The van der Waals surface area contributed by atoms with Crippen molar-refractivity contribution in [3.05, 3.63) is 0 Å². The van der Waals surface area contributed by atoms with Gasteiger partial charge in [0.15, 0.2) is 0 Å². The van der Waals surface area contributed by atoms with Gasteiger partial charge in [0.2, 0.25) is 0 Å². The maximum absolute atomic E-state index is 11.1. The lowest BCUT2D eigenvalue weighted by molar-refractivity contribution is -0.164. The second-order valence-corrected chi connectivity index (χ2v) is 13.0. The molecule has 0 heterocycles. The van der Waals surface area contributed by atoms with Crippen molar-refractivity contribution >= 4 is 0 Å². The zero-order valence-electron chi connectivity index (χ0n) is 20.4. The molecule has 0 aromatic carbocycles. The Kier molecular flexibility index (Phi) is 6.22. The Morgan fingerprint density at radius 1 is 0.828 bits per heavy atom. The highest BCUT2D eigenvalue weighted by Gasteiger charge is 2.61. The minimum absolute atomic E-state index is 0.0351. The summed E-state index contributed by atoms with van der Waals surface area (Å²) >= 11 is 0. The molecule has 1 heteroatoms. The molecule has 4 fully saturated rings. The molecule has 0 saturated heterocycles. The summed E-state index contributed by atoms with van der Waals surface area (Å²) in [4.78, 5) is 0. The first-order valence-electron chi connectivity index (χ1n) is 13.4. The highest BCUT2D eigenvalue weighted by molar-refractivity contribution is 5.10. The van der Waals surface area contributed by atoms with Crippen molar-refractivity contribution in [1.29, 1.82) is 0 Å². The van der Waals surface area contributed by atoms with Gasteiger partial charge in [-0.1, -0.05) is 60.8 Å². The molecule has 0 spiro atoms. The molecule has 4 saturated carbocycles. The van der Waals surface area contributed by atoms with Gasteiger partial charge in [0.25, 0.3) is 0 Å². The molecule has 0 bridgehead atoms. The summed E-state index contributed by atoms with van der Waals surface area (Å²) < 4.78 is 0. The van der Waals surface area contributed by atoms with Crippen LogP contribution in [0, 0.1) is 58.2 Å². The maximum atomic E-state index is 11.1. The second kappa shape index (κ2) is 8.14. The van der Waals surface area contributed by atoms with Gasteiger partial charge in [0.05, 0.1) is 6.10 Å². The van der Waals surface area contributed by atoms with Crippen molar-refractivity contribution in [3.8, 4) is 0 Å². The van der Waals surface area contributed by atoms with Gasteiger partial charge >= 0.3 is 0 Å². The summed E-state index contributed by atoms with van der Waals surface area (Å²) in [6.45, 7) is 15.0. The largest absolute Gasteiger partial charge is 0.393 e. The van der Waals surface area contributed by atoms with E-state index in [4.69, 9.17) is 0 Å².